The number of anilines is 1. The Morgan fingerprint density at radius 1 is 1.11 bits per heavy atom. The third kappa shape index (κ3) is 4.27. The van der Waals surface area contributed by atoms with E-state index in [4.69, 9.17) is 14.2 Å². The van der Waals surface area contributed by atoms with Gasteiger partial charge in [0.1, 0.15) is 0 Å². The van der Waals surface area contributed by atoms with Gasteiger partial charge in [0.2, 0.25) is 6.79 Å². The molecule has 0 aliphatic carbocycles. The smallest absolute Gasteiger partial charge is 0.313 e. The number of amides is 2. The number of fused-ring (bicyclic) bond motifs is 1. The summed E-state index contributed by atoms with van der Waals surface area (Å²) in [6.07, 6.45) is 0. The van der Waals surface area contributed by atoms with E-state index in [1.54, 1.807) is 29.5 Å². The first-order valence-corrected chi connectivity index (χ1v) is 9.98. The number of nitrogens with zero attached hydrogens (tertiary/aromatic N) is 1. The van der Waals surface area contributed by atoms with E-state index in [0.29, 0.717) is 36.9 Å². The largest absolute Gasteiger partial charge is 0.454 e. The van der Waals surface area contributed by atoms with E-state index >= 15 is 0 Å². The molecular formula is C19H21N3O5S. The average Bonchev–Trinajstić information content (AvgIpc) is 3.40. The van der Waals surface area contributed by atoms with Crippen molar-refractivity contribution >= 4 is 28.8 Å². The number of nitrogens with one attached hydrogen (secondary N) is 2. The van der Waals surface area contributed by atoms with Crippen molar-refractivity contribution in [2.75, 3.05) is 45.0 Å². The van der Waals surface area contributed by atoms with Crippen molar-refractivity contribution in [1.29, 1.82) is 0 Å². The van der Waals surface area contributed by atoms with Gasteiger partial charge in [-0.05, 0) is 34.5 Å². The summed E-state index contributed by atoms with van der Waals surface area (Å²) >= 11 is 1.61. The molecule has 0 spiro atoms. The Labute approximate surface area is 166 Å². The lowest BCUT2D eigenvalue weighted by Gasteiger charge is -2.34. The quantitative estimate of drug-likeness (QED) is 0.738. The van der Waals surface area contributed by atoms with Gasteiger partial charge in [0.15, 0.2) is 11.5 Å². The number of morpholine rings is 1. The van der Waals surface area contributed by atoms with Gasteiger partial charge >= 0.3 is 11.8 Å². The van der Waals surface area contributed by atoms with E-state index in [1.165, 1.54) is 0 Å². The van der Waals surface area contributed by atoms with Crippen molar-refractivity contribution in [1.82, 2.24) is 10.2 Å². The van der Waals surface area contributed by atoms with E-state index in [0.717, 1.165) is 18.7 Å². The maximum atomic E-state index is 12.3. The molecular weight excluding hydrogens is 382 g/mol. The number of hydrogen-bond donors (Lipinski definition) is 2. The van der Waals surface area contributed by atoms with Gasteiger partial charge in [-0.3, -0.25) is 14.5 Å². The van der Waals surface area contributed by atoms with Gasteiger partial charge in [-0.15, -0.1) is 0 Å². The first-order chi connectivity index (χ1) is 13.7. The van der Waals surface area contributed by atoms with Gasteiger partial charge in [-0.25, -0.2) is 0 Å². The Morgan fingerprint density at radius 3 is 2.71 bits per heavy atom. The first kappa shape index (κ1) is 18.7. The van der Waals surface area contributed by atoms with Crippen LogP contribution in [0.2, 0.25) is 0 Å². The van der Waals surface area contributed by atoms with E-state index in [-0.39, 0.29) is 12.8 Å². The molecule has 1 aromatic carbocycles. The Morgan fingerprint density at radius 2 is 1.93 bits per heavy atom. The number of hydrogen-bond acceptors (Lipinski definition) is 7. The third-order valence-electron chi connectivity index (χ3n) is 4.71. The van der Waals surface area contributed by atoms with Crippen molar-refractivity contribution in [2.24, 2.45) is 0 Å². The van der Waals surface area contributed by atoms with Crippen molar-refractivity contribution in [2.45, 2.75) is 6.04 Å². The maximum Gasteiger partial charge on any atom is 0.313 e. The number of ether oxygens (including phenoxy) is 3. The molecule has 2 aliphatic rings. The van der Waals surface area contributed by atoms with Gasteiger partial charge < -0.3 is 24.8 Å². The number of thiophene rings is 1. The van der Waals surface area contributed by atoms with E-state index in [2.05, 4.69) is 20.9 Å². The van der Waals surface area contributed by atoms with Gasteiger partial charge in [-0.1, -0.05) is 0 Å². The second kappa shape index (κ2) is 8.59. The lowest BCUT2D eigenvalue weighted by atomic mass is 10.1. The third-order valence-corrected chi connectivity index (χ3v) is 5.41. The molecule has 1 atom stereocenters. The molecule has 8 nitrogen and oxygen atoms in total. The molecule has 0 saturated carbocycles. The lowest BCUT2D eigenvalue weighted by molar-refractivity contribution is -0.136. The Kier molecular flexibility index (Phi) is 5.75. The average molecular weight is 403 g/mol. The summed E-state index contributed by atoms with van der Waals surface area (Å²) in [5, 5.41) is 9.43. The topological polar surface area (TPSA) is 89.1 Å². The van der Waals surface area contributed by atoms with Crippen LogP contribution in [0.25, 0.3) is 0 Å². The highest BCUT2D eigenvalue weighted by atomic mass is 32.1. The van der Waals surface area contributed by atoms with Crippen molar-refractivity contribution in [3.05, 3.63) is 40.6 Å². The number of benzene rings is 1. The van der Waals surface area contributed by atoms with Gasteiger partial charge in [0, 0.05) is 31.4 Å². The fourth-order valence-electron chi connectivity index (χ4n) is 3.24. The minimum absolute atomic E-state index is 0.0115. The van der Waals surface area contributed by atoms with Crippen LogP contribution in [-0.4, -0.2) is 56.4 Å². The summed E-state index contributed by atoms with van der Waals surface area (Å²) in [6, 6.07) is 7.05. The zero-order valence-corrected chi connectivity index (χ0v) is 16.0. The highest BCUT2D eigenvalue weighted by Gasteiger charge is 2.25. The fourth-order valence-corrected chi connectivity index (χ4v) is 3.95. The van der Waals surface area contributed by atoms with E-state index in [9.17, 15) is 9.59 Å². The van der Waals surface area contributed by atoms with Crippen LogP contribution in [0, 0.1) is 0 Å². The molecule has 0 unspecified atom stereocenters. The van der Waals surface area contributed by atoms with Crippen molar-refractivity contribution < 1.29 is 23.8 Å². The molecule has 2 amide bonds. The summed E-state index contributed by atoms with van der Waals surface area (Å²) < 4.78 is 15.9. The summed E-state index contributed by atoms with van der Waals surface area (Å²) in [5.74, 6) is -0.231. The minimum atomic E-state index is -0.718. The summed E-state index contributed by atoms with van der Waals surface area (Å²) in [4.78, 5) is 26.8. The molecule has 0 bridgehead atoms. The second-order valence-corrected chi connectivity index (χ2v) is 7.23. The first-order valence-electron chi connectivity index (χ1n) is 9.03. The fraction of sp³-hybridized carbons (Fsp3) is 0.368. The predicted molar refractivity (Wildman–Crippen MR) is 104 cm³/mol. The molecule has 0 radical (unpaired) electrons. The zero-order chi connectivity index (χ0) is 19.3. The van der Waals surface area contributed by atoms with Crippen molar-refractivity contribution in [3.8, 4) is 11.5 Å². The van der Waals surface area contributed by atoms with E-state index < -0.39 is 11.8 Å². The van der Waals surface area contributed by atoms with E-state index in [1.807, 2.05) is 11.4 Å². The highest BCUT2D eigenvalue weighted by molar-refractivity contribution is 7.08. The summed E-state index contributed by atoms with van der Waals surface area (Å²) in [6.45, 7) is 3.42. The maximum absolute atomic E-state index is 12.3. The second-order valence-electron chi connectivity index (χ2n) is 6.45. The molecule has 148 valence electrons. The lowest BCUT2D eigenvalue weighted by Crippen LogP contribution is -2.45. The standard InChI is InChI=1S/C19H21N3O5S/c23-18(19(24)21-14-1-2-16-17(9-14)27-12-26-16)20-10-15(13-3-8-28-11-13)22-4-6-25-7-5-22/h1-3,8-9,11,15H,4-7,10,12H2,(H,20,23)(H,21,24)/t15-/m1/s1. The molecule has 1 saturated heterocycles. The Balaban J connectivity index is 1.35. The van der Waals surface area contributed by atoms with Crippen LogP contribution in [0.3, 0.4) is 0 Å². The number of rotatable bonds is 5. The molecule has 3 heterocycles. The van der Waals surface area contributed by atoms with Crippen molar-refractivity contribution in [3.63, 3.8) is 0 Å². The molecule has 1 aromatic heterocycles. The SMILES string of the molecule is O=C(NC[C@H](c1ccsc1)N1CCOCC1)C(=O)Nc1ccc2c(c1)OCO2. The van der Waals surface area contributed by atoms with Crippen LogP contribution >= 0.6 is 11.3 Å². The molecule has 9 heteroatoms. The van der Waals surface area contributed by atoms with Gasteiger partial charge in [0.05, 0.1) is 19.3 Å². The van der Waals surface area contributed by atoms with Crippen LogP contribution in [0.15, 0.2) is 35.0 Å². The molecule has 1 fully saturated rings. The predicted octanol–water partition coefficient (Wildman–Crippen LogP) is 1.60. The Bertz CT molecular complexity index is 836. The summed E-state index contributed by atoms with van der Waals surface area (Å²) in [5.41, 5.74) is 1.61. The van der Waals surface area contributed by atoms with Crippen LogP contribution in [0.5, 0.6) is 11.5 Å². The minimum Gasteiger partial charge on any atom is -0.454 e. The number of carbonyl (C=O) groups excluding carboxylic acids is 2. The molecule has 28 heavy (non-hydrogen) atoms. The van der Waals surface area contributed by atoms with Crippen LogP contribution in [0.1, 0.15) is 11.6 Å². The summed E-state index contributed by atoms with van der Waals surface area (Å²) in [7, 11) is 0. The van der Waals surface area contributed by atoms with Gasteiger partial charge in [0.25, 0.3) is 0 Å². The van der Waals surface area contributed by atoms with Crippen LogP contribution < -0.4 is 20.1 Å². The van der Waals surface area contributed by atoms with Crippen LogP contribution in [-0.2, 0) is 14.3 Å². The number of carbonyl (C=O) groups is 2. The van der Waals surface area contributed by atoms with Crippen LogP contribution in [0.4, 0.5) is 5.69 Å². The monoisotopic (exact) mass is 403 g/mol. The van der Waals surface area contributed by atoms with Gasteiger partial charge in [-0.2, -0.15) is 11.3 Å². The molecule has 2 N–H and O–H groups in total. The highest BCUT2D eigenvalue weighted by Crippen LogP contribution is 2.34. The normalized spacial score (nSPS) is 17.1. The molecule has 2 aromatic rings. The zero-order valence-electron chi connectivity index (χ0n) is 15.2. The molecule has 4 rings (SSSR count). The molecule has 2 aliphatic heterocycles. The Hall–Kier alpha value is -2.62.